The van der Waals surface area contributed by atoms with Gasteiger partial charge >= 0.3 is 0 Å². The maximum Gasteiger partial charge on any atom is 0.0620 e. The van der Waals surface area contributed by atoms with E-state index in [1.165, 1.54) is 25.0 Å². The van der Waals surface area contributed by atoms with Crippen LogP contribution in [0.3, 0.4) is 0 Å². The molecule has 72 valence electrons. The molecule has 1 fully saturated rings. The van der Waals surface area contributed by atoms with Crippen molar-refractivity contribution < 1.29 is 4.74 Å². The van der Waals surface area contributed by atoms with Gasteiger partial charge in [0.05, 0.1) is 6.61 Å². The lowest BCUT2D eigenvalue weighted by atomic mass is 10.2. The summed E-state index contributed by atoms with van der Waals surface area (Å²) in [5.74, 6) is 1.29. The predicted octanol–water partition coefficient (Wildman–Crippen LogP) is 1.51. The van der Waals surface area contributed by atoms with Crippen LogP contribution in [0.5, 0.6) is 0 Å². The Kier molecular flexibility index (Phi) is 5.82. The molecule has 0 saturated carbocycles. The summed E-state index contributed by atoms with van der Waals surface area (Å²) in [4.78, 5) is 0. The second-order valence-corrected chi connectivity index (χ2v) is 4.20. The van der Waals surface area contributed by atoms with Gasteiger partial charge in [0.1, 0.15) is 0 Å². The van der Waals surface area contributed by atoms with Gasteiger partial charge < -0.3 is 10.1 Å². The highest BCUT2D eigenvalue weighted by molar-refractivity contribution is 7.98. The molecule has 0 aromatic heterocycles. The lowest BCUT2D eigenvalue weighted by Gasteiger charge is -2.09. The molecule has 1 unspecified atom stereocenters. The van der Waals surface area contributed by atoms with Crippen molar-refractivity contribution >= 4 is 11.8 Å². The number of rotatable bonds is 6. The van der Waals surface area contributed by atoms with E-state index < -0.39 is 0 Å². The van der Waals surface area contributed by atoms with E-state index in [0.717, 1.165) is 19.8 Å². The van der Waals surface area contributed by atoms with Gasteiger partial charge in [-0.25, -0.2) is 0 Å². The van der Waals surface area contributed by atoms with E-state index >= 15 is 0 Å². The topological polar surface area (TPSA) is 21.3 Å². The molecular weight excluding hydrogens is 170 g/mol. The summed E-state index contributed by atoms with van der Waals surface area (Å²) < 4.78 is 5.27. The fraction of sp³-hybridized carbons (Fsp3) is 1.00. The van der Waals surface area contributed by atoms with Gasteiger partial charge in [0.2, 0.25) is 0 Å². The quantitative estimate of drug-likeness (QED) is 0.640. The van der Waals surface area contributed by atoms with Gasteiger partial charge in [-0.2, -0.15) is 11.8 Å². The fourth-order valence-electron chi connectivity index (χ4n) is 1.37. The minimum absolute atomic E-state index is 0.638. The summed E-state index contributed by atoms with van der Waals surface area (Å²) in [5.41, 5.74) is 0. The summed E-state index contributed by atoms with van der Waals surface area (Å²) in [6.45, 7) is 3.03. The van der Waals surface area contributed by atoms with Gasteiger partial charge in [-0.15, -0.1) is 0 Å². The molecular formula is C9H19NOS. The summed E-state index contributed by atoms with van der Waals surface area (Å²) in [6.07, 6.45) is 6.00. The Labute approximate surface area is 79.4 Å². The number of unbranched alkanes of at least 4 members (excludes halogenated alkanes) is 1. The van der Waals surface area contributed by atoms with Crippen LogP contribution in [-0.2, 0) is 4.74 Å². The van der Waals surface area contributed by atoms with E-state index in [9.17, 15) is 0 Å². The zero-order valence-electron chi connectivity index (χ0n) is 7.84. The van der Waals surface area contributed by atoms with Crippen molar-refractivity contribution in [3.05, 3.63) is 0 Å². The number of thioether (sulfide) groups is 1. The third kappa shape index (κ3) is 4.33. The standard InChI is InChI=1S/C9H19NOS/c1-12-7-3-2-5-10-9-4-6-11-8-9/h9-10H,2-8H2,1H3. The third-order valence-electron chi connectivity index (χ3n) is 2.14. The Hall–Kier alpha value is 0.270. The van der Waals surface area contributed by atoms with E-state index in [1.807, 2.05) is 11.8 Å². The normalized spacial score (nSPS) is 23.2. The lowest BCUT2D eigenvalue weighted by Crippen LogP contribution is -2.29. The molecule has 2 nitrogen and oxygen atoms in total. The number of hydrogen-bond acceptors (Lipinski definition) is 3. The second-order valence-electron chi connectivity index (χ2n) is 3.21. The van der Waals surface area contributed by atoms with Crippen molar-refractivity contribution in [2.45, 2.75) is 25.3 Å². The molecule has 1 N–H and O–H groups in total. The first-order valence-corrected chi connectivity index (χ1v) is 6.13. The summed E-state index contributed by atoms with van der Waals surface area (Å²) in [6, 6.07) is 0.638. The van der Waals surface area contributed by atoms with Crippen molar-refractivity contribution in [2.24, 2.45) is 0 Å². The summed E-state index contributed by atoms with van der Waals surface area (Å²) in [5, 5.41) is 3.51. The predicted molar refractivity (Wildman–Crippen MR) is 54.8 cm³/mol. The van der Waals surface area contributed by atoms with Gasteiger partial charge in [-0.1, -0.05) is 0 Å². The molecule has 1 aliphatic rings. The molecule has 1 atom stereocenters. The van der Waals surface area contributed by atoms with E-state index in [4.69, 9.17) is 4.74 Å². The zero-order chi connectivity index (χ0) is 8.65. The molecule has 0 aliphatic carbocycles. The smallest absolute Gasteiger partial charge is 0.0620 e. The number of ether oxygens (including phenoxy) is 1. The van der Waals surface area contributed by atoms with Crippen LogP contribution < -0.4 is 5.32 Å². The van der Waals surface area contributed by atoms with E-state index in [0.29, 0.717) is 6.04 Å². The van der Waals surface area contributed by atoms with Gasteiger partial charge in [-0.05, 0) is 37.8 Å². The number of nitrogens with one attached hydrogen (secondary N) is 1. The van der Waals surface area contributed by atoms with Crippen molar-refractivity contribution in [3.63, 3.8) is 0 Å². The Morgan fingerprint density at radius 2 is 2.42 bits per heavy atom. The molecule has 0 spiro atoms. The molecule has 0 aromatic carbocycles. The molecule has 1 rings (SSSR count). The van der Waals surface area contributed by atoms with Crippen molar-refractivity contribution in [2.75, 3.05) is 31.8 Å². The largest absolute Gasteiger partial charge is 0.380 e. The molecule has 0 amide bonds. The highest BCUT2D eigenvalue weighted by atomic mass is 32.2. The first kappa shape index (κ1) is 10.4. The van der Waals surface area contributed by atoms with E-state index in [-0.39, 0.29) is 0 Å². The maximum absolute atomic E-state index is 5.27. The first-order valence-electron chi connectivity index (χ1n) is 4.73. The summed E-state index contributed by atoms with van der Waals surface area (Å²) >= 11 is 1.93. The van der Waals surface area contributed by atoms with Crippen LogP contribution in [0.2, 0.25) is 0 Å². The molecule has 12 heavy (non-hydrogen) atoms. The monoisotopic (exact) mass is 189 g/mol. The van der Waals surface area contributed by atoms with Crippen LogP contribution in [0.4, 0.5) is 0 Å². The minimum atomic E-state index is 0.638. The van der Waals surface area contributed by atoms with Gasteiger partial charge in [-0.3, -0.25) is 0 Å². The van der Waals surface area contributed by atoms with Crippen LogP contribution in [0.15, 0.2) is 0 Å². The first-order chi connectivity index (χ1) is 5.93. The Bertz CT molecular complexity index is 105. The SMILES string of the molecule is CSCCCCNC1CCOC1. The van der Waals surface area contributed by atoms with Gasteiger partial charge in [0.25, 0.3) is 0 Å². The molecule has 1 heterocycles. The highest BCUT2D eigenvalue weighted by Crippen LogP contribution is 2.04. The zero-order valence-corrected chi connectivity index (χ0v) is 8.66. The Balaban J connectivity index is 1.81. The molecule has 0 aromatic rings. The van der Waals surface area contributed by atoms with Crippen LogP contribution in [-0.4, -0.2) is 37.8 Å². The average Bonchev–Trinajstić information content (AvgIpc) is 2.57. The molecule has 0 radical (unpaired) electrons. The summed E-state index contributed by atoms with van der Waals surface area (Å²) in [7, 11) is 0. The molecule has 1 saturated heterocycles. The van der Waals surface area contributed by atoms with E-state index in [2.05, 4.69) is 11.6 Å². The fourth-order valence-corrected chi connectivity index (χ4v) is 1.87. The Morgan fingerprint density at radius 1 is 1.50 bits per heavy atom. The van der Waals surface area contributed by atoms with Crippen molar-refractivity contribution in [1.82, 2.24) is 5.32 Å². The van der Waals surface area contributed by atoms with Crippen LogP contribution in [0.25, 0.3) is 0 Å². The minimum Gasteiger partial charge on any atom is -0.380 e. The average molecular weight is 189 g/mol. The van der Waals surface area contributed by atoms with Gasteiger partial charge in [0.15, 0.2) is 0 Å². The lowest BCUT2D eigenvalue weighted by molar-refractivity contribution is 0.190. The highest BCUT2D eigenvalue weighted by Gasteiger charge is 2.13. The van der Waals surface area contributed by atoms with Crippen LogP contribution in [0.1, 0.15) is 19.3 Å². The Morgan fingerprint density at radius 3 is 3.08 bits per heavy atom. The second kappa shape index (κ2) is 6.75. The maximum atomic E-state index is 5.27. The third-order valence-corrected chi connectivity index (χ3v) is 2.83. The molecule has 1 aliphatic heterocycles. The van der Waals surface area contributed by atoms with Crippen molar-refractivity contribution in [3.8, 4) is 0 Å². The number of hydrogen-bond donors (Lipinski definition) is 1. The van der Waals surface area contributed by atoms with Crippen LogP contribution >= 0.6 is 11.8 Å². The molecule has 0 bridgehead atoms. The van der Waals surface area contributed by atoms with Gasteiger partial charge in [0, 0.05) is 12.6 Å². The van der Waals surface area contributed by atoms with Crippen LogP contribution in [0, 0.1) is 0 Å². The van der Waals surface area contributed by atoms with E-state index in [1.54, 1.807) is 0 Å². The van der Waals surface area contributed by atoms with Crippen molar-refractivity contribution in [1.29, 1.82) is 0 Å². The molecule has 3 heteroatoms.